The van der Waals surface area contributed by atoms with Gasteiger partial charge in [-0.1, -0.05) is 34.8 Å². The van der Waals surface area contributed by atoms with Crippen LogP contribution in [0.4, 0.5) is 38.1 Å². The van der Waals surface area contributed by atoms with Gasteiger partial charge >= 0.3 is 18.3 Å². The number of hydrogen-bond acceptors (Lipinski definition) is 2. The van der Waals surface area contributed by atoms with Crippen molar-refractivity contribution < 1.29 is 31.5 Å². The van der Waals surface area contributed by atoms with Gasteiger partial charge in [-0.2, -0.15) is 22.0 Å². The molecule has 2 N–H and O–H groups in total. The molecule has 0 atom stereocenters. The molecule has 2 rings (SSSR count). The van der Waals surface area contributed by atoms with Crippen LogP contribution in [0.2, 0.25) is 5.02 Å². The van der Waals surface area contributed by atoms with Crippen molar-refractivity contribution in [2.45, 2.75) is 17.1 Å². The number of rotatable bonds is 5. The number of benzene rings is 2. The van der Waals surface area contributed by atoms with Gasteiger partial charge in [0.2, 0.25) is 4.84 Å². The molecule has 2 amide bonds. The number of nitrogens with one attached hydrogen (secondary N) is 2. The molecule has 0 spiro atoms. The zero-order valence-corrected chi connectivity index (χ0v) is 15.7. The number of urea groups is 1. The van der Waals surface area contributed by atoms with Crippen LogP contribution in [0.3, 0.4) is 0 Å². The van der Waals surface area contributed by atoms with E-state index in [1.165, 1.54) is 18.2 Å². The van der Waals surface area contributed by atoms with E-state index in [1.54, 1.807) is 0 Å². The van der Waals surface area contributed by atoms with Gasteiger partial charge in [0.15, 0.2) is 0 Å². The van der Waals surface area contributed by atoms with Gasteiger partial charge in [-0.25, -0.2) is 4.79 Å². The standard InChI is InChI=1S/C16H10Cl3F5N2O2/c17-12-6-3-9(7-11(12)15(20,21)22)26-14(27)25-8-1-4-10(5-2-8)28-16(23,24)13(18)19/h1-7,13H,(H2,25,26,27). The van der Waals surface area contributed by atoms with E-state index in [2.05, 4.69) is 15.4 Å². The van der Waals surface area contributed by atoms with Gasteiger partial charge in [-0.3, -0.25) is 0 Å². The molecule has 152 valence electrons. The Kier molecular flexibility index (Phi) is 6.84. The first-order chi connectivity index (χ1) is 12.9. The van der Waals surface area contributed by atoms with E-state index in [-0.39, 0.29) is 17.1 Å². The highest BCUT2D eigenvalue weighted by molar-refractivity contribution is 6.44. The largest absolute Gasteiger partial charge is 0.431 e. The Morgan fingerprint density at radius 1 is 0.929 bits per heavy atom. The molecular weight excluding hydrogens is 454 g/mol. The average Bonchev–Trinajstić information content (AvgIpc) is 2.57. The van der Waals surface area contributed by atoms with E-state index in [4.69, 9.17) is 34.8 Å². The molecule has 0 aliphatic heterocycles. The summed E-state index contributed by atoms with van der Waals surface area (Å²) >= 11 is 15.7. The lowest BCUT2D eigenvalue weighted by molar-refractivity contribution is -0.163. The lowest BCUT2D eigenvalue weighted by Gasteiger charge is -2.18. The Morgan fingerprint density at radius 2 is 1.46 bits per heavy atom. The summed E-state index contributed by atoms with van der Waals surface area (Å²) in [5.41, 5.74) is -1.10. The molecular formula is C16H10Cl3F5N2O2. The summed E-state index contributed by atoms with van der Waals surface area (Å²) in [4.78, 5) is 9.82. The van der Waals surface area contributed by atoms with Crippen molar-refractivity contribution in [3.8, 4) is 5.75 Å². The molecule has 0 saturated carbocycles. The van der Waals surface area contributed by atoms with Crippen molar-refractivity contribution in [3.05, 3.63) is 53.1 Å². The Balaban J connectivity index is 2.02. The van der Waals surface area contributed by atoms with Crippen LogP contribution >= 0.6 is 34.8 Å². The minimum Gasteiger partial charge on any atom is -0.431 e. The van der Waals surface area contributed by atoms with Crippen molar-refractivity contribution in [3.63, 3.8) is 0 Å². The van der Waals surface area contributed by atoms with Crippen molar-refractivity contribution in [2.24, 2.45) is 0 Å². The predicted molar refractivity (Wildman–Crippen MR) is 96.6 cm³/mol. The molecule has 2 aromatic carbocycles. The smallest absolute Gasteiger partial charge is 0.428 e. The normalized spacial score (nSPS) is 12.0. The molecule has 0 fully saturated rings. The van der Waals surface area contributed by atoms with Gasteiger partial charge in [-0.15, -0.1) is 0 Å². The van der Waals surface area contributed by atoms with Gasteiger partial charge in [0, 0.05) is 11.4 Å². The summed E-state index contributed by atoms with van der Waals surface area (Å²) in [5, 5.41) is 4.01. The lowest BCUT2D eigenvalue weighted by Crippen LogP contribution is -2.32. The number of anilines is 2. The number of ether oxygens (including phenoxy) is 1. The SMILES string of the molecule is O=C(Nc1ccc(OC(F)(F)C(Cl)Cl)cc1)Nc1ccc(Cl)c(C(F)(F)F)c1. The quantitative estimate of drug-likeness (QED) is 0.379. The van der Waals surface area contributed by atoms with Gasteiger partial charge in [0.05, 0.1) is 10.6 Å². The third-order valence-corrected chi connectivity index (χ3v) is 3.99. The van der Waals surface area contributed by atoms with Gasteiger partial charge in [0.1, 0.15) is 5.75 Å². The van der Waals surface area contributed by atoms with Crippen LogP contribution in [0.5, 0.6) is 5.75 Å². The fraction of sp³-hybridized carbons (Fsp3) is 0.188. The van der Waals surface area contributed by atoms with Crippen LogP contribution in [-0.4, -0.2) is 17.0 Å². The minimum atomic E-state index is -4.69. The number of alkyl halides is 7. The van der Waals surface area contributed by atoms with Gasteiger partial charge in [-0.05, 0) is 42.5 Å². The molecule has 0 heterocycles. The predicted octanol–water partition coefficient (Wildman–Crippen LogP) is 6.78. The zero-order chi connectivity index (χ0) is 21.1. The minimum absolute atomic E-state index is 0.149. The maximum absolute atomic E-state index is 13.3. The first kappa shape index (κ1) is 22.3. The number of carbonyl (C=O) groups excluding carboxylic acids is 1. The van der Waals surface area contributed by atoms with E-state index >= 15 is 0 Å². The highest BCUT2D eigenvalue weighted by atomic mass is 35.5. The fourth-order valence-corrected chi connectivity index (χ4v) is 2.24. The van der Waals surface area contributed by atoms with Crippen molar-refractivity contribution in [2.75, 3.05) is 10.6 Å². The van der Waals surface area contributed by atoms with Crippen LogP contribution in [0.15, 0.2) is 42.5 Å². The van der Waals surface area contributed by atoms with E-state index in [0.29, 0.717) is 6.07 Å². The summed E-state index contributed by atoms with van der Waals surface area (Å²) in [6, 6.07) is 6.68. The molecule has 12 heteroatoms. The second-order valence-corrected chi connectivity index (χ2v) is 6.76. The molecule has 0 saturated heterocycles. The third kappa shape index (κ3) is 6.02. The molecule has 0 aromatic heterocycles. The summed E-state index contributed by atoms with van der Waals surface area (Å²) in [7, 11) is 0. The maximum Gasteiger partial charge on any atom is 0.428 e. The van der Waals surface area contributed by atoms with Crippen LogP contribution < -0.4 is 15.4 Å². The summed E-state index contributed by atoms with van der Waals surface area (Å²) < 4.78 is 69.4. The van der Waals surface area contributed by atoms with Gasteiger partial charge < -0.3 is 15.4 Å². The van der Waals surface area contributed by atoms with Crippen molar-refractivity contribution in [1.29, 1.82) is 0 Å². The molecule has 0 bridgehead atoms. The van der Waals surface area contributed by atoms with Crippen molar-refractivity contribution in [1.82, 2.24) is 0 Å². The fourth-order valence-electron chi connectivity index (χ4n) is 1.92. The summed E-state index contributed by atoms with van der Waals surface area (Å²) in [6.07, 6.45) is -8.51. The molecule has 0 unspecified atom stereocenters. The molecule has 0 aliphatic carbocycles. The highest BCUT2D eigenvalue weighted by Crippen LogP contribution is 2.36. The first-order valence-electron chi connectivity index (χ1n) is 7.28. The molecule has 2 aromatic rings. The van der Waals surface area contributed by atoms with Crippen LogP contribution in [0, 0.1) is 0 Å². The Morgan fingerprint density at radius 3 is 2.00 bits per heavy atom. The number of hydrogen-bond donors (Lipinski definition) is 2. The second kappa shape index (κ2) is 8.59. The monoisotopic (exact) mass is 462 g/mol. The Bertz CT molecular complexity index is 845. The first-order valence-corrected chi connectivity index (χ1v) is 8.53. The average molecular weight is 464 g/mol. The van der Waals surface area contributed by atoms with E-state index in [1.807, 2.05) is 0 Å². The van der Waals surface area contributed by atoms with Crippen LogP contribution in [-0.2, 0) is 6.18 Å². The third-order valence-electron chi connectivity index (χ3n) is 3.15. The summed E-state index contributed by atoms with van der Waals surface area (Å²) in [5.74, 6) is -0.269. The molecule has 0 radical (unpaired) electrons. The molecule has 0 aliphatic rings. The second-order valence-electron chi connectivity index (χ2n) is 5.26. The number of amides is 2. The van der Waals surface area contributed by atoms with Crippen molar-refractivity contribution >= 4 is 52.2 Å². The lowest BCUT2D eigenvalue weighted by atomic mass is 10.2. The van der Waals surface area contributed by atoms with E-state index in [9.17, 15) is 26.7 Å². The topological polar surface area (TPSA) is 50.4 Å². The maximum atomic E-state index is 13.3. The van der Waals surface area contributed by atoms with E-state index < -0.39 is 33.7 Å². The highest BCUT2D eigenvalue weighted by Gasteiger charge is 2.40. The van der Waals surface area contributed by atoms with Crippen LogP contribution in [0.1, 0.15) is 5.56 Å². The van der Waals surface area contributed by atoms with Crippen LogP contribution in [0.25, 0.3) is 0 Å². The zero-order valence-electron chi connectivity index (χ0n) is 13.5. The Labute approximate surface area is 170 Å². The molecule has 4 nitrogen and oxygen atoms in total. The van der Waals surface area contributed by atoms with E-state index in [0.717, 1.165) is 18.2 Å². The molecule has 28 heavy (non-hydrogen) atoms. The number of carbonyl (C=O) groups is 1. The summed E-state index contributed by atoms with van der Waals surface area (Å²) in [6.45, 7) is 0. The van der Waals surface area contributed by atoms with Gasteiger partial charge in [0.25, 0.3) is 0 Å². The number of halogens is 8. The Hall–Kier alpha value is -1.97.